The SMILES string of the molecule is C=CN(CCC(=O)N1CCC=C(B2OC(C)(C)C(C)(C)O2)C1)N=NC. The van der Waals surface area contributed by atoms with Crippen molar-refractivity contribution in [2.75, 3.05) is 26.7 Å². The van der Waals surface area contributed by atoms with Gasteiger partial charge in [0.05, 0.1) is 24.8 Å². The van der Waals surface area contributed by atoms with Crippen LogP contribution in [0.5, 0.6) is 0 Å². The van der Waals surface area contributed by atoms with Gasteiger partial charge in [-0.05, 0) is 39.6 Å². The fourth-order valence-corrected chi connectivity index (χ4v) is 2.80. The molecule has 2 aliphatic rings. The van der Waals surface area contributed by atoms with Crippen molar-refractivity contribution in [2.24, 2.45) is 10.3 Å². The second-order valence-electron chi connectivity index (χ2n) is 7.36. The van der Waals surface area contributed by atoms with Crippen molar-refractivity contribution in [3.05, 3.63) is 24.3 Å². The van der Waals surface area contributed by atoms with E-state index in [1.807, 2.05) is 32.6 Å². The molecule has 138 valence electrons. The monoisotopic (exact) mass is 348 g/mol. The summed E-state index contributed by atoms with van der Waals surface area (Å²) in [4.78, 5) is 14.4. The van der Waals surface area contributed by atoms with E-state index in [4.69, 9.17) is 9.31 Å². The lowest BCUT2D eigenvalue weighted by atomic mass is 9.76. The molecule has 1 amide bonds. The van der Waals surface area contributed by atoms with E-state index >= 15 is 0 Å². The minimum Gasteiger partial charge on any atom is -0.400 e. The Kier molecular flexibility index (Phi) is 6.05. The number of rotatable bonds is 6. The Bertz CT molecular complexity index is 558. The van der Waals surface area contributed by atoms with Gasteiger partial charge in [0.15, 0.2) is 0 Å². The molecular weight excluding hydrogens is 319 g/mol. The van der Waals surface area contributed by atoms with Crippen LogP contribution in [0.1, 0.15) is 40.5 Å². The Morgan fingerprint density at radius 2 is 2.04 bits per heavy atom. The molecule has 0 bridgehead atoms. The molecule has 25 heavy (non-hydrogen) atoms. The van der Waals surface area contributed by atoms with Crippen LogP contribution in [0.2, 0.25) is 0 Å². The Morgan fingerprint density at radius 3 is 2.60 bits per heavy atom. The molecule has 0 aromatic carbocycles. The van der Waals surface area contributed by atoms with Crippen LogP contribution in [0, 0.1) is 0 Å². The highest BCUT2D eigenvalue weighted by Crippen LogP contribution is 2.39. The molecule has 0 aromatic heterocycles. The summed E-state index contributed by atoms with van der Waals surface area (Å²) in [6.07, 6.45) is 4.87. The molecule has 2 heterocycles. The van der Waals surface area contributed by atoms with Gasteiger partial charge in [-0.1, -0.05) is 17.9 Å². The van der Waals surface area contributed by atoms with E-state index in [0.29, 0.717) is 26.1 Å². The zero-order valence-corrected chi connectivity index (χ0v) is 16.0. The van der Waals surface area contributed by atoms with Crippen LogP contribution in [-0.4, -0.2) is 60.8 Å². The molecule has 0 N–H and O–H groups in total. The van der Waals surface area contributed by atoms with Gasteiger partial charge < -0.3 is 14.2 Å². The Labute approximate surface area is 150 Å². The van der Waals surface area contributed by atoms with Gasteiger partial charge in [-0.25, -0.2) is 0 Å². The van der Waals surface area contributed by atoms with E-state index in [9.17, 15) is 4.79 Å². The van der Waals surface area contributed by atoms with Gasteiger partial charge in [0.1, 0.15) is 0 Å². The number of nitrogens with zero attached hydrogens (tertiary/aromatic N) is 4. The molecule has 0 spiro atoms. The molecule has 1 fully saturated rings. The van der Waals surface area contributed by atoms with Crippen LogP contribution >= 0.6 is 0 Å². The summed E-state index contributed by atoms with van der Waals surface area (Å²) in [5, 5.41) is 9.15. The lowest BCUT2D eigenvalue weighted by Crippen LogP contribution is -2.41. The first kappa shape index (κ1) is 19.7. The van der Waals surface area contributed by atoms with Crippen LogP contribution in [0.4, 0.5) is 0 Å². The molecule has 0 radical (unpaired) electrons. The first-order valence-corrected chi connectivity index (χ1v) is 8.71. The standard InChI is InChI=1S/C17H29BN4O3/c1-7-22(20-19-6)12-10-15(23)21-11-8-9-14(13-21)18-24-16(2,3)17(4,5)25-18/h7,9H,1,8,10-13H2,2-6H3. The van der Waals surface area contributed by atoms with Crippen molar-refractivity contribution in [2.45, 2.75) is 51.7 Å². The second kappa shape index (κ2) is 7.70. The molecule has 0 saturated carbocycles. The number of amides is 1. The summed E-state index contributed by atoms with van der Waals surface area (Å²) in [7, 11) is 1.20. The van der Waals surface area contributed by atoms with Crippen molar-refractivity contribution < 1.29 is 14.1 Å². The molecule has 2 rings (SSSR count). The fourth-order valence-electron chi connectivity index (χ4n) is 2.80. The molecule has 0 atom stereocenters. The lowest BCUT2D eigenvalue weighted by Gasteiger charge is -2.32. The minimum absolute atomic E-state index is 0.0836. The summed E-state index contributed by atoms with van der Waals surface area (Å²) in [6.45, 7) is 13.5. The van der Waals surface area contributed by atoms with E-state index in [2.05, 4.69) is 23.0 Å². The largest absolute Gasteiger partial charge is 0.492 e. The zero-order chi connectivity index (χ0) is 18.7. The molecule has 1 saturated heterocycles. The Balaban J connectivity index is 1.93. The van der Waals surface area contributed by atoms with Crippen molar-refractivity contribution in [3.63, 3.8) is 0 Å². The summed E-state index contributed by atoms with van der Waals surface area (Å²) in [5.74, 6) is 0.0836. The maximum absolute atomic E-state index is 12.5. The van der Waals surface area contributed by atoms with Crippen molar-refractivity contribution in [3.8, 4) is 0 Å². The maximum atomic E-state index is 12.5. The van der Waals surface area contributed by atoms with Crippen molar-refractivity contribution in [1.29, 1.82) is 0 Å². The van der Waals surface area contributed by atoms with Gasteiger partial charge in [0, 0.05) is 25.7 Å². The third-order valence-electron chi connectivity index (χ3n) is 5.06. The highest BCUT2D eigenvalue weighted by molar-refractivity contribution is 6.54. The smallest absolute Gasteiger partial charge is 0.400 e. The highest BCUT2D eigenvalue weighted by Gasteiger charge is 2.52. The Morgan fingerprint density at radius 1 is 1.40 bits per heavy atom. The second-order valence-corrected chi connectivity index (χ2v) is 7.36. The summed E-state index contributed by atoms with van der Waals surface area (Å²) < 4.78 is 12.2. The van der Waals surface area contributed by atoms with E-state index < -0.39 is 0 Å². The quantitative estimate of drug-likeness (QED) is 0.420. The molecule has 7 nitrogen and oxygen atoms in total. The number of hydrogen-bond acceptors (Lipinski definition) is 5. The van der Waals surface area contributed by atoms with Crippen LogP contribution in [0.25, 0.3) is 0 Å². The zero-order valence-electron chi connectivity index (χ0n) is 16.0. The van der Waals surface area contributed by atoms with Gasteiger partial charge in [-0.2, -0.15) is 5.11 Å². The molecular formula is C17H29BN4O3. The highest BCUT2D eigenvalue weighted by atomic mass is 16.7. The third kappa shape index (κ3) is 4.49. The van der Waals surface area contributed by atoms with Gasteiger partial charge in [0.25, 0.3) is 0 Å². The summed E-state index contributed by atoms with van der Waals surface area (Å²) in [5.41, 5.74) is 0.271. The Hall–Kier alpha value is -1.67. The van der Waals surface area contributed by atoms with Crippen LogP contribution < -0.4 is 0 Å². The van der Waals surface area contributed by atoms with Crippen LogP contribution in [-0.2, 0) is 14.1 Å². The first-order valence-electron chi connectivity index (χ1n) is 8.71. The predicted octanol–water partition coefficient (Wildman–Crippen LogP) is 2.61. The third-order valence-corrected chi connectivity index (χ3v) is 5.06. The summed E-state index contributed by atoms with van der Waals surface area (Å²) >= 11 is 0. The van der Waals surface area contributed by atoms with Crippen LogP contribution in [0.15, 0.2) is 34.7 Å². The number of carbonyl (C=O) groups is 1. The van der Waals surface area contributed by atoms with E-state index in [1.54, 1.807) is 18.3 Å². The average molecular weight is 348 g/mol. The lowest BCUT2D eigenvalue weighted by molar-refractivity contribution is -0.131. The minimum atomic E-state index is -0.390. The van der Waals surface area contributed by atoms with Gasteiger partial charge in [0.2, 0.25) is 5.91 Å². The fraction of sp³-hybridized carbons (Fsp3) is 0.706. The van der Waals surface area contributed by atoms with Crippen molar-refractivity contribution in [1.82, 2.24) is 9.91 Å². The topological polar surface area (TPSA) is 66.7 Å². The van der Waals surface area contributed by atoms with Gasteiger partial charge in [-0.15, -0.1) is 0 Å². The molecule has 0 unspecified atom stereocenters. The number of hydrogen-bond donors (Lipinski definition) is 0. The van der Waals surface area contributed by atoms with Crippen molar-refractivity contribution >= 4 is 13.0 Å². The molecule has 0 aliphatic carbocycles. The maximum Gasteiger partial charge on any atom is 0.492 e. The molecule has 0 aromatic rings. The molecule has 2 aliphatic heterocycles. The van der Waals surface area contributed by atoms with Gasteiger partial charge >= 0.3 is 7.12 Å². The van der Waals surface area contributed by atoms with Crippen LogP contribution in [0.3, 0.4) is 0 Å². The molecule has 8 heteroatoms. The van der Waals surface area contributed by atoms with E-state index in [1.165, 1.54) is 0 Å². The van der Waals surface area contributed by atoms with E-state index in [0.717, 1.165) is 11.9 Å². The normalized spacial score (nSPS) is 22.2. The summed E-state index contributed by atoms with van der Waals surface area (Å²) in [6, 6.07) is 0. The van der Waals surface area contributed by atoms with Gasteiger partial charge in [-0.3, -0.25) is 9.80 Å². The number of carbonyl (C=O) groups excluding carboxylic acids is 1. The predicted molar refractivity (Wildman–Crippen MR) is 97.7 cm³/mol. The first-order chi connectivity index (χ1) is 11.7. The average Bonchev–Trinajstić information content (AvgIpc) is 2.79. The van der Waals surface area contributed by atoms with E-state index in [-0.39, 0.29) is 24.2 Å².